The van der Waals surface area contributed by atoms with Crippen LogP contribution in [0.4, 0.5) is 0 Å². The van der Waals surface area contributed by atoms with E-state index in [9.17, 15) is 4.79 Å². The van der Waals surface area contributed by atoms with Crippen LogP contribution in [0.2, 0.25) is 5.02 Å². The van der Waals surface area contributed by atoms with Gasteiger partial charge in [0.05, 0.1) is 17.8 Å². The van der Waals surface area contributed by atoms with Gasteiger partial charge >= 0.3 is 0 Å². The first-order chi connectivity index (χ1) is 8.69. The molecule has 1 aliphatic rings. The van der Waals surface area contributed by atoms with Crippen LogP contribution in [0.3, 0.4) is 0 Å². The number of nitrogens with one attached hydrogen (secondary N) is 1. The number of hydrogen-bond donors (Lipinski definition) is 1. The van der Waals surface area contributed by atoms with Gasteiger partial charge in [-0.1, -0.05) is 11.6 Å². The number of rotatable bonds is 3. The quantitative estimate of drug-likeness (QED) is 0.927. The summed E-state index contributed by atoms with van der Waals surface area (Å²) >= 11 is 6.10. The summed E-state index contributed by atoms with van der Waals surface area (Å²) in [5, 5.41) is 3.34. The monoisotopic (exact) mass is 264 g/mol. The summed E-state index contributed by atoms with van der Waals surface area (Å²) in [5.74, 6) is 1.12. The average molecular weight is 265 g/mol. The van der Waals surface area contributed by atoms with Crippen molar-refractivity contribution in [1.82, 2.24) is 9.78 Å². The summed E-state index contributed by atoms with van der Waals surface area (Å²) in [6.07, 6.45) is 2.28. The molecule has 0 saturated heterocycles. The van der Waals surface area contributed by atoms with Crippen molar-refractivity contribution in [3.05, 3.63) is 45.3 Å². The molecule has 0 unspecified atom stereocenters. The van der Waals surface area contributed by atoms with Crippen LogP contribution in [0, 0.1) is 0 Å². The van der Waals surface area contributed by atoms with Crippen molar-refractivity contribution in [3.63, 3.8) is 0 Å². The van der Waals surface area contributed by atoms with Crippen molar-refractivity contribution in [3.8, 4) is 11.4 Å². The Morgan fingerprint density at radius 1 is 1.39 bits per heavy atom. The number of aromatic amines is 1. The van der Waals surface area contributed by atoms with Crippen molar-refractivity contribution in [1.29, 1.82) is 0 Å². The second kappa shape index (κ2) is 4.21. The maximum atomic E-state index is 11.5. The molecule has 0 atom stereocenters. The molecule has 0 spiro atoms. The fraction of sp³-hybridized carbons (Fsp3) is 0.308. The second-order valence-corrected chi connectivity index (χ2v) is 4.88. The summed E-state index contributed by atoms with van der Waals surface area (Å²) in [6.45, 7) is 0. The molecule has 18 heavy (non-hydrogen) atoms. The highest BCUT2D eigenvalue weighted by molar-refractivity contribution is 6.32. The molecule has 4 nitrogen and oxygen atoms in total. The fourth-order valence-electron chi connectivity index (χ4n) is 2.09. The van der Waals surface area contributed by atoms with Gasteiger partial charge in [0.15, 0.2) is 0 Å². The number of halogens is 1. The van der Waals surface area contributed by atoms with E-state index in [4.69, 9.17) is 16.3 Å². The van der Waals surface area contributed by atoms with Gasteiger partial charge in [0.1, 0.15) is 5.75 Å². The van der Waals surface area contributed by atoms with Gasteiger partial charge in [-0.25, -0.2) is 0 Å². The Labute approximate surface area is 109 Å². The number of nitrogens with zero attached hydrogens (tertiary/aromatic N) is 1. The molecule has 1 saturated carbocycles. The molecule has 1 aliphatic carbocycles. The lowest BCUT2D eigenvalue weighted by molar-refractivity contribution is 0.415. The molecule has 1 N–H and O–H groups in total. The number of methoxy groups -OCH3 is 1. The highest BCUT2D eigenvalue weighted by Gasteiger charge is 2.28. The molecule has 3 rings (SSSR count). The maximum Gasteiger partial charge on any atom is 0.264 e. The third kappa shape index (κ3) is 1.93. The van der Waals surface area contributed by atoms with Crippen LogP contribution in [0.1, 0.15) is 24.5 Å². The molecule has 0 amide bonds. The van der Waals surface area contributed by atoms with Gasteiger partial charge in [-0.3, -0.25) is 14.6 Å². The van der Waals surface area contributed by atoms with Gasteiger partial charge in [0.2, 0.25) is 0 Å². The summed E-state index contributed by atoms with van der Waals surface area (Å²) < 4.78 is 6.93. The van der Waals surface area contributed by atoms with Gasteiger partial charge in [-0.05, 0) is 31.0 Å². The highest BCUT2D eigenvalue weighted by atomic mass is 35.5. The van der Waals surface area contributed by atoms with Crippen LogP contribution in [0.25, 0.3) is 5.69 Å². The van der Waals surface area contributed by atoms with Crippen molar-refractivity contribution < 1.29 is 4.74 Å². The Morgan fingerprint density at radius 2 is 2.17 bits per heavy atom. The third-order valence-corrected chi connectivity index (χ3v) is 3.44. The minimum absolute atomic E-state index is 0.0798. The van der Waals surface area contributed by atoms with E-state index >= 15 is 0 Å². The lowest BCUT2D eigenvalue weighted by Crippen LogP contribution is -2.05. The molecule has 1 heterocycles. The molecule has 0 aliphatic heterocycles. The van der Waals surface area contributed by atoms with E-state index in [2.05, 4.69) is 5.10 Å². The first-order valence-electron chi connectivity index (χ1n) is 5.85. The molecule has 2 aromatic rings. The Balaban J connectivity index is 2.09. The van der Waals surface area contributed by atoms with E-state index in [0.717, 1.165) is 24.2 Å². The van der Waals surface area contributed by atoms with Crippen LogP contribution < -0.4 is 10.3 Å². The van der Waals surface area contributed by atoms with Crippen molar-refractivity contribution in [2.45, 2.75) is 18.8 Å². The Bertz CT molecular complexity index is 641. The molecule has 1 aromatic carbocycles. The van der Waals surface area contributed by atoms with Crippen molar-refractivity contribution >= 4 is 11.6 Å². The molecule has 1 aromatic heterocycles. The van der Waals surface area contributed by atoms with E-state index in [1.165, 1.54) is 0 Å². The predicted molar refractivity (Wildman–Crippen MR) is 69.9 cm³/mol. The smallest absolute Gasteiger partial charge is 0.264 e. The molecule has 94 valence electrons. The van der Waals surface area contributed by atoms with E-state index in [1.54, 1.807) is 25.3 Å². The van der Waals surface area contributed by atoms with Crippen LogP contribution in [0.5, 0.6) is 5.75 Å². The normalized spacial score (nSPS) is 14.8. The lowest BCUT2D eigenvalue weighted by Gasteiger charge is -2.09. The van der Waals surface area contributed by atoms with Crippen LogP contribution in [-0.4, -0.2) is 16.9 Å². The molecular weight excluding hydrogens is 252 g/mol. The van der Waals surface area contributed by atoms with Crippen molar-refractivity contribution in [2.75, 3.05) is 7.11 Å². The average Bonchev–Trinajstić information content (AvgIpc) is 3.12. The topological polar surface area (TPSA) is 47.0 Å². The van der Waals surface area contributed by atoms with E-state index in [0.29, 0.717) is 16.7 Å². The lowest BCUT2D eigenvalue weighted by atomic mass is 10.2. The highest BCUT2D eigenvalue weighted by Crippen LogP contribution is 2.40. The zero-order valence-corrected chi connectivity index (χ0v) is 10.7. The zero-order chi connectivity index (χ0) is 12.7. The first kappa shape index (κ1) is 11.4. The second-order valence-electron chi connectivity index (χ2n) is 4.47. The van der Waals surface area contributed by atoms with Crippen molar-refractivity contribution in [2.24, 2.45) is 0 Å². The first-order valence-corrected chi connectivity index (χ1v) is 6.22. The van der Waals surface area contributed by atoms with Gasteiger partial charge in [-0.15, -0.1) is 0 Å². The van der Waals surface area contributed by atoms with Gasteiger partial charge in [0, 0.05) is 17.7 Å². The Hall–Kier alpha value is -1.68. The van der Waals surface area contributed by atoms with E-state index in [-0.39, 0.29) is 5.56 Å². The van der Waals surface area contributed by atoms with Gasteiger partial charge in [0.25, 0.3) is 5.56 Å². The Kier molecular flexibility index (Phi) is 2.67. The molecule has 0 bridgehead atoms. The Morgan fingerprint density at radius 3 is 2.78 bits per heavy atom. The largest absolute Gasteiger partial charge is 0.495 e. The molecule has 1 fully saturated rings. The zero-order valence-electron chi connectivity index (χ0n) is 9.94. The summed E-state index contributed by atoms with van der Waals surface area (Å²) in [4.78, 5) is 11.5. The number of benzene rings is 1. The number of ether oxygens (including phenoxy) is 1. The van der Waals surface area contributed by atoms with Gasteiger partial charge in [-0.2, -0.15) is 0 Å². The fourth-order valence-corrected chi connectivity index (χ4v) is 2.35. The van der Waals surface area contributed by atoms with E-state index in [1.807, 2.05) is 10.7 Å². The molecule has 5 heteroatoms. The third-order valence-electron chi connectivity index (χ3n) is 3.15. The minimum Gasteiger partial charge on any atom is -0.495 e. The minimum atomic E-state index is -0.0798. The predicted octanol–water partition coefficient (Wildman–Crippen LogP) is 2.71. The maximum absolute atomic E-state index is 11.5. The number of aromatic nitrogens is 2. The van der Waals surface area contributed by atoms with Gasteiger partial charge < -0.3 is 4.74 Å². The standard InChI is InChI=1S/C13H13ClN2O2/c1-18-12-5-4-9(6-10(12)14)16-11(8-2-3-8)7-13(17)15-16/h4-8H,2-3H2,1H3,(H,15,17). The van der Waals surface area contributed by atoms with E-state index < -0.39 is 0 Å². The van der Waals surface area contributed by atoms with Crippen LogP contribution >= 0.6 is 11.6 Å². The molecular formula is C13H13ClN2O2. The summed E-state index contributed by atoms with van der Waals surface area (Å²) in [7, 11) is 1.58. The molecule has 0 radical (unpaired) electrons. The summed E-state index contributed by atoms with van der Waals surface area (Å²) in [6, 6.07) is 7.14. The van der Waals surface area contributed by atoms with Crippen LogP contribution in [-0.2, 0) is 0 Å². The SMILES string of the molecule is COc1ccc(-n2[nH]c(=O)cc2C2CC2)cc1Cl. The number of hydrogen-bond acceptors (Lipinski definition) is 2. The summed E-state index contributed by atoms with van der Waals surface area (Å²) in [5.41, 5.74) is 1.80. The number of H-pyrrole nitrogens is 1. The van der Waals surface area contributed by atoms with Crippen LogP contribution in [0.15, 0.2) is 29.1 Å².